The van der Waals surface area contributed by atoms with Gasteiger partial charge in [0.05, 0.1) is 0 Å². The standard InChI is InChI=1S/C10H17NOS2/c1-8(7-13-2)11-6-9(12)10-4-3-5-14-10/h3-5,8-9,11-12H,6-7H2,1-2H3. The van der Waals surface area contributed by atoms with Crippen molar-refractivity contribution < 1.29 is 5.11 Å². The van der Waals surface area contributed by atoms with Crippen LogP contribution in [-0.2, 0) is 0 Å². The Labute approximate surface area is 93.7 Å². The molecule has 0 bridgehead atoms. The number of hydrogen-bond donors (Lipinski definition) is 2. The van der Waals surface area contributed by atoms with Crippen molar-refractivity contribution in [2.24, 2.45) is 0 Å². The van der Waals surface area contributed by atoms with E-state index in [-0.39, 0.29) is 6.10 Å². The Balaban J connectivity index is 2.24. The minimum Gasteiger partial charge on any atom is -0.386 e. The average molecular weight is 231 g/mol. The van der Waals surface area contributed by atoms with Crippen LogP contribution in [0.4, 0.5) is 0 Å². The monoisotopic (exact) mass is 231 g/mol. The van der Waals surface area contributed by atoms with Crippen LogP contribution in [0.1, 0.15) is 17.9 Å². The van der Waals surface area contributed by atoms with Gasteiger partial charge in [-0.3, -0.25) is 0 Å². The molecule has 2 atom stereocenters. The van der Waals surface area contributed by atoms with E-state index in [4.69, 9.17) is 0 Å². The summed E-state index contributed by atoms with van der Waals surface area (Å²) in [4.78, 5) is 1.04. The average Bonchev–Trinajstić information content (AvgIpc) is 2.67. The first-order valence-corrected chi connectivity index (χ1v) is 6.95. The van der Waals surface area contributed by atoms with E-state index in [1.54, 1.807) is 11.3 Å². The third-order valence-electron chi connectivity index (χ3n) is 1.95. The predicted octanol–water partition coefficient (Wildman–Crippen LogP) is 2.12. The van der Waals surface area contributed by atoms with Crippen LogP contribution in [0.2, 0.25) is 0 Å². The largest absolute Gasteiger partial charge is 0.386 e. The summed E-state index contributed by atoms with van der Waals surface area (Å²) in [5.74, 6) is 1.08. The second kappa shape index (κ2) is 6.45. The van der Waals surface area contributed by atoms with Gasteiger partial charge in [-0.1, -0.05) is 6.07 Å². The van der Waals surface area contributed by atoms with Gasteiger partial charge in [0.1, 0.15) is 6.10 Å². The third kappa shape index (κ3) is 4.00. The van der Waals surface area contributed by atoms with E-state index in [0.717, 1.165) is 10.6 Å². The molecular formula is C10H17NOS2. The highest BCUT2D eigenvalue weighted by Gasteiger charge is 2.09. The molecule has 0 radical (unpaired) electrons. The van der Waals surface area contributed by atoms with Crippen LogP contribution in [0, 0.1) is 0 Å². The highest BCUT2D eigenvalue weighted by Crippen LogP contribution is 2.17. The number of rotatable bonds is 6. The quantitative estimate of drug-likeness (QED) is 0.786. The van der Waals surface area contributed by atoms with Gasteiger partial charge in [0.2, 0.25) is 0 Å². The molecule has 0 aliphatic carbocycles. The molecule has 0 saturated heterocycles. The normalized spacial score (nSPS) is 15.4. The lowest BCUT2D eigenvalue weighted by atomic mass is 10.2. The molecule has 4 heteroatoms. The number of aliphatic hydroxyl groups is 1. The fourth-order valence-corrected chi connectivity index (χ4v) is 2.53. The zero-order valence-corrected chi connectivity index (χ0v) is 10.2. The molecule has 0 fully saturated rings. The van der Waals surface area contributed by atoms with Crippen LogP contribution in [0.25, 0.3) is 0 Å². The first-order chi connectivity index (χ1) is 6.74. The molecule has 0 spiro atoms. The lowest BCUT2D eigenvalue weighted by Gasteiger charge is -2.15. The number of thiophene rings is 1. The van der Waals surface area contributed by atoms with Gasteiger partial charge in [-0.25, -0.2) is 0 Å². The summed E-state index contributed by atoms with van der Waals surface area (Å²) >= 11 is 3.42. The van der Waals surface area contributed by atoms with Crippen LogP contribution >= 0.6 is 23.1 Å². The van der Waals surface area contributed by atoms with Crippen molar-refractivity contribution in [2.45, 2.75) is 19.1 Å². The molecule has 0 aliphatic heterocycles. The van der Waals surface area contributed by atoms with Gasteiger partial charge in [-0.2, -0.15) is 11.8 Å². The van der Waals surface area contributed by atoms with Crippen LogP contribution < -0.4 is 5.32 Å². The summed E-state index contributed by atoms with van der Waals surface area (Å²) in [6, 6.07) is 4.39. The Kier molecular flexibility index (Phi) is 5.55. The summed E-state index contributed by atoms with van der Waals surface area (Å²) in [5, 5.41) is 15.1. The van der Waals surface area contributed by atoms with E-state index in [9.17, 15) is 5.11 Å². The Morgan fingerprint density at radius 3 is 3.00 bits per heavy atom. The van der Waals surface area contributed by atoms with Crippen molar-refractivity contribution in [3.8, 4) is 0 Å². The molecule has 1 rings (SSSR count). The molecule has 14 heavy (non-hydrogen) atoms. The topological polar surface area (TPSA) is 32.3 Å². The second-order valence-electron chi connectivity index (χ2n) is 3.30. The van der Waals surface area contributed by atoms with E-state index in [1.807, 2.05) is 29.3 Å². The maximum absolute atomic E-state index is 9.77. The van der Waals surface area contributed by atoms with Crippen molar-refractivity contribution in [1.82, 2.24) is 5.32 Å². The fraction of sp³-hybridized carbons (Fsp3) is 0.600. The summed E-state index contributed by atoms with van der Waals surface area (Å²) in [6.45, 7) is 2.78. The Hall–Kier alpha value is -0.0300. The molecular weight excluding hydrogens is 214 g/mol. The lowest BCUT2D eigenvalue weighted by molar-refractivity contribution is 0.175. The minimum atomic E-state index is -0.362. The Bertz CT molecular complexity index is 238. The molecule has 0 amide bonds. The molecule has 2 N–H and O–H groups in total. The molecule has 0 aromatic carbocycles. The fourth-order valence-electron chi connectivity index (χ4n) is 1.20. The van der Waals surface area contributed by atoms with Gasteiger partial charge in [0.15, 0.2) is 0 Å². The summed E-state index contributed by atoms with van der Waals surface area (Å²) < 4.78 is 0. The van der Waals surface area contributed by atoms with Crippen molar-refractivity contribution in [3.63, 3.8) is 0 Å². The highest BCUT2D eigenvalue weighted by atomic mass is 32.2. The third-order valence-corrected chi connectivity index (χ3v) is 3.75. The maximum Gasteiger partial charge on any atom is 0.101 e. The first kappa shape index (κ1) is 12.0. The van der Waals surface area contributed by atoms with E-state index < -0.39 is 0 Å². The number of thioether (sulfide) groups is 1. The van der Waals surface area contributed by atoms with Gasteiger partial charge >= 0.3 is 0 Å². The van der Waals surface area contributed by atoms with Crippen LogP contribution in [0.3, 0.4) is 0 Å². The van der Waals surface area contributed by atoms with Crippen molar-refractivity contribution in [1.29, 1.82) is 0 Å². The Morgan fingerprint density at radius 2 is 2.43 bits per heavy atom. The molecule has 2 unspecified atom stereocenters. The summed E-state index contributed by atoms with van der Waals surface area (Å²) in [7, 11) is 0. The molecule has 80 valence electrons. The number of nitrogens with one attached hydrogen (secondary N) is 1. The zero-order valence-electron chi connectivity index (χ0n) is 8.56. The minimum absolute atomic E-state index is 0.362. The Morgan fingerprint density at radius 1 is 1.64 bits per heavy atom. The SMILES string of the molecule is CSCC(C)NCC(O)c1cccs1. The van der Waals surface area contributed by atoms with E-state index in [0.29, 0.717) is 12.6 Å². The van der Waals surface area contributed by atoms with E-state index in [2.05, 4.69) is 18.5 Å². The molecule has 0 saturated carbocycles. The van der Waals surface area contributed by atoms with Gasteiger partial charge in [0.25, 0.3) is 0 Å². The highest BCUT2D eigenvalue weighted by molar-refractivity contribution is 7.98. The predicted molar refractivity (Wildman–Crippen MR) is 65.1 cm³/mol. The second-order valence-corrected chi connectivity index (χ2v) is 5.19. The molecule has 1 aromatic heterocycles. The molecule has 2 nitrogen and oxygen atoms in total. The maximum atomic E-state index is 9.77. The molecule has 1 aromatic rings. The lowest BCUT2D eigenvalue weighted by Crippen LogP contribution is -2.31. The van der Waals surface area contributed by atoms with E-state index >= 15 is 0 Å². The van der Waals surface area contributed by atoms with Crippen LogP contribution in [0.15, 0.2) is 17.5 Å². The van der Waals surface area contributed by atoms with Crippen molar-refractivity contribution in [3.05, 3.63) is 22.4 Å². The molecule has 1 heterocycles. The van der Waals surface area contributed by atoms with Gasteiger partial charge in [-0.05, 0) is 24.6 Å². The number of aliphatic hydroxyl groups excluding tert-OH is 1. The smallest absolute Gasteiger partial charge is 0.101 e. The van der Waals surface area contributed by atoms with Crippen molar-refractivity contribution >= 4 is 23.1 Å². The summed E-state index contributed by atoms with van der Waals surface area (Å²) in [5.41, 5.74) is 0. The van der Waals surface area contributed by atoms with Crippen LogP contribution in [0.5, 0.6) is 0 Å². The van der Waals surface area contributed by atoms with E-state index in [1.165, 1.54) is 0 Å². The van der Waals surface area contributed by atoms with Gasteiger partial charge in [0, 0.05) is 23.2 Å². The molecule has 0 aliphatic rings. The first-order valence-electron chi connectivity index (χ1n) is 4.68. The van der Waals surface area contributed by atoms with Crippen LogP contribution in [-0.4, -0.2) is 29.7 Å². The van der Waals surface area contributed by atoms with Gasteiger partial charge in [-0.15, -0.1) is 11.3 Å². The zero-order chi connectivity index (χ0) is 10.4. The summed E-state index contributed by atoms with van der Waals surface area (Å²) in [6.07, 6.45) is 1.73. The number of hydrogen-bond acceptors (Lipinski definition) is 4. The van der Waals surface area contributed by atoms with Crippen molar-refractivity contribution in [2.75, 3.05) is 18.6 Å². The van der Waals surface area contributed by atoms with Gasteiger partial charge < -0.3 is 10.4 Å².